The van der Waals surface area contributed by atoms with Crippen molar-refractivity contribution in [3.63, 3.8) is 0 Å². The van der Waals surface area contributed by atoms with E-state index in [4.69, 9.17) is 11.6 Å². The normalized spacial score (nSPS) is 12.1. The summed E-state index contributed by atoms with van der Waals surface area (Å²) in [7, 11) is 1.24. The van der Waals surface area contributed by atoms with Gasteiger partial charge in [-0.2, -0.15) is 0 Å². The molecule has 3 nitrogen and oxygen atoms in total. The van der Waals surface area contributed by atoms with Crippen LogP contribution in [-0.4, -0.2) is 25.0 Å². The van der Waals surface area contributed by atoms with E-state index in [1.54, 1.807) is 24.3 Å². The smallest absolute Gasteiger partial charge is 0.338 e. The van der Waals surface area contributed by atoms with E-state index in [0.717, 1.165) is 12.1 Å². The van der Waals surface area contributed by atoms with Gasteiger partial charge in [0.2, 0.25) is 5.50 Å². The number of thioether (sulfide) groups is 1. The van der Waals surface area contributed by atoms with E-state index < -0.39 is 23.7 Å². The lowest BCUT2D eigenvalue weighted by molar-refractivity contribution is 0.0599. The van der Waals surface area contributed by atoms with Crippen LogP contribution in [0.1, 0.15) is 15.9 Å². The Kier molecular flexibility index (Phi) is 7.16. The second-order valence-electron chi connectivity index (χ2n) is 5.07. The molecule has 9 heteroatoms. The molecule has 0 bridgehead atoms. The summed E-state index contributed by atoms with van der Waals surface area (Å²) in [6.07, 6.45) is -3.19. The number of carbonyl (C=O) groups excluding carboxylic acids is 1. The molecule has 0 saturated carbocycles. The third kappa shape index (κ3) is 5.04. The van der Waals surface area contributed by atoms with Gasteiger partial charge in [-0.15, -0.1) is 0 Å². The highest BCUT2D eigenvalue weighted by atomic mass is 35.5. The molecule has 0 aliphatic carbocycles. The molecule has 0 saturated heterocycles. The van der Waals surface area contributed by atoms with Crippen LogP contribution in [0.3, 0.4) is 0 Å². The van der Waals surface area contributed by atoms with Crippen LogP contribution in [-0.2, 0) is 11.3 Å². The SMILES string of the molecule is COC(=O)c1ccccc1CNc1cc(SC(F)C(F)F)c(Cl)cc1F. The summed E-state index contributed by atoms with van der Waals surface area (Å²) >= 11 is 6.00. The van der Waals surface area contributed by atoms with Gasteiger partial charge in [-0.3, -0.25) is 0 Å². The molecular formula is C17H14ClF4NO2S. The minimum atomic E-state index is -3.19. The quantitative estimate of drug-likeness (QED) is 0.372. The first-order valence-corrected chi connectivity index (χ1v) is 8.57. The molecule has 0 radical (unpaired) electrons. The molecule has 1 atom stereocenters. The Hall–Kier alpha value is -1.93. The van der Waals surface area contributed by atoms with Gasteiger partial charge in [-0.25, -0.2) is 22.4 Å². The Morgan fingerprint density at radius 3 is 2.62 bits per heavy atom. The lowest BCUT2D eigenvalue weighted by Crippen LogP contribution is -2.10. The highest BCUT2D eigenvalue weighted by Gasteiger charge is 2.22. The molecule has 0 aliphatic rings. The zero-order valence-corrected chi connectivity index (χ0v) is 15.0. The first-order chi connectivity index (χ1) is 12.3. The number of carbonyl (C=O) groups is 1. The number of alkyl halides is 3. The van der Waals surface area contributed by atoms with Gasteiger partial charge in [0, 0.05) is 11.4 Å². The number of benzene rings is 2. The van der Waals surface area contributed by atoms with E-state index in [1.807, 2.05) is 0 Å². The lowest BCUT2D eigenvalue weighted by Gasteiger charge is -2.14. The van der Waals surface area contributed by atoms with Gasteiger partial charge in [0.1, 0.15) is 5.82 Å². The van der Waals surface area contributed by atoms with Crippen LogP contribution in [0, 0.1) is 5.82 Å². The van der Waals surface area contributed by atoms with E-state index >= 15 is 0 Å². The molecule has 140 valence electrons. The van der Waals surface area contributed by atoms with E-state index in [9.17, 15) is 22.4 Å². The Balaban J connectivity index is 2.21. The number of hydrogen-bond donors (Lipinski definition) is 1. The summed E-state index contributed by atoms with van der Waals surface area (Å²) in [6, 6.07) is 8.61. The minimum Gasteiger partial charge on any atom is -0.465 e. The van der Waals surface area contributed by atoms with E-state index in [-0.39, 0.29) is 33.9 Å². The average Bonchev–Trinajstić information content (AvgIpc) is 2.62. The molecule has 2 rings (SSSR count). The molecule has 0 aliphatic heterocycles. The molecule has 0 amide bonds. The first-order valence-electron chi connectivity index (χ1n) is 7.31. The fourth-order valence-electron chi connectivity index (χ4n) is 2.10. The zero-order valence-electron chi connectivity index (χ0n) is 13.4. The van der Waals surface area contributed by atoms with E-state index in [1.165, 1.54) is 7.11 Å². The van der Waals surface area contributed by atoms with Crippen LogP contribution in [0.25, 0.3) is 0 Å². The summed E-state index contributed by atoms with van der Waals surface area (Å²) in [4.78, 5) is 11.7. The van der Waals surface area contributed by atoms with Crippen LogP contribution in [0.15, 0.2) is 41.3 Å². The Bertz CT molecular complexity index is 791. The Morgan fingerprint density at radius 2 is 1.96 bits per heavy atom. The van der Waals surface area contributed by atoms with Crippen molar-refractivity contribution in [3.8, 4) is 0 Å². The maximum absolute atomic E-state index is 14.1. The summed E-state index contributed by atoms with van der Waals surface area (Å²) < 4.78 is 56.7. The summed E-state index contributed by atoms with van der Waals surface area (Å²) in [5.41, 5.74) is -1.70. The lowest BCUT2D eigenvalue weighted by atomic mass is 10.1. The topological polar surface area (TPSA) is 38.3 Å². The summed E-state index contributed by atoms with van der Waals surface area (Å²) in [5.74, 6) is -1.28. The van der Waals surface area contributed by atoms with Gasteiger partial charge in [0.25, 0.3) is 6.43 Å². The fraction of sp³-hybridized carbons (Fsp3) is 0.235. The van der Waals surface area contributed by atoms with E-state index in [2.05, 4.69) is 10.1 Å². The molecule has 0 fully saturated rings. The number of hydrogen-bond acceptors (Lipinski definition) is 4. The maximum Gasteiger partial charge on any atom is 0.338 e. The molecule has 2 aromatic rings. The standard InChI is InChI=1S/C17H14ClF4NO2S/c1-25-17(24)10-5-3-2-4-9(10)8-23-13-7-14(11(18)6-12(13)19)26-16(22)15(20)21/h2-7,15-16,23H,8H2,1H3. The van der Waals surface area contributed by atoms with Crippen molar-refractivity contribution in [2.24, 2.45) is 0 Å². The molecular weight excluding hydrogens is 394 g/mol. The Labute approximate surface area is 156 Å². The van der Waals surface area contributed by atoms with E-state index in [0.29, 0.717) is 11.1 Å². The number of anilines is 1. The van der Waals surface area contributed by atoms with Crippen molar-refractivity contribution >= 4 is 35.0 Å². The molecule has 2 aromatic carbocycles. The molecule has 26 heavy (non-hydrogen) atoms. The minimum absolute atomic E-state index is 0.0235. The molecule has 0 heterocycles. The molecule has 1 N–H and O–H groups in total. The molecule has 1 unspecified atom stereocenters. The van der Waals surface area contributed by atoms with Gasteiger partial charge in [-0.1, -0.05) is 41.6 Å². The first kappa shape index (κ1) is 20.4. The highest BCUT2D eigenvalue weighted by molar-refractivity contribution is 8.00. The molecule has 0 aromatic heterocycles. The zero-order chi connectivity index (χ0) is 19.3. The number of ether oxygens (including phenoxy) is 1. The second kappa shape index (κ2) is 9.14. The van der Waals surface area contributed by atoms with Crippen LogP contribution < -0.4 is 5.32 Å². The van der Waals surface area contributed by atoms with Gasteiger partial charge >= 0.3 is 5.97 Å². The number of methoxy groups -OCH3 is 1. The van der Waals surface area contributed by atoms with Crippen molar-refractivity contribution in [1.82, 2.24) is 0 Å². The van der Waals surface area contributed by atoms with Crippen molar-refractivity contribution in [2.45, 2.75) is 23.4 Å². The largest absolute Gasteiger partial charge is 0.465 e. The monoisotopic (exact) mass is 407 g/mol. The predicted octanol–water partition coefficient (Wildman–Crippen LogP) is 5.53. The van der Waals surface area contributed by atoms with Gasteiger partial charge in [-0.05, 0) is 23.8 Å². The maximum atomic E-state index is 14.1. The third-order valence-electron chi connectivity index (χ3n) is 3.35. The third-order valence-corrected chi connectivity index (χ3v) is 4.80. The van der Waals surface area contributed by atoms with Crippen LogP contribution in [0.4, 0.5) is 23.2 Å². The molecule has 0 spiro atoms. The fourth-order valence-corrected chi connectivity index (χ4v) is 3.09. The van der Waals surface area contributed by atoms with Crippen molar-refractivity contribution in [2.75, 3.05) is 12.4 Å². The summed E-state index contributed by atoms with van der Waals surface area (Å²) in [5, 5.41) is 2.58. The van der Waals surface area contributed by atoms with Gasteiger partial charge in [0.15, 0.2) is 0 Å². The highest BCUT2D eigenvalue weighted by Crippen LogP contribution is 2.36. The number of nitrogens with one attached hydrogen (secondary N) is 1. The van der Waals surface area contributed by atoms with Crippen LogP contribution in [0.5, 0.6) is 0 Å². The summed E-state index contributed by atoms with van der Waals surface area (Å²) in [6.45, 7) is 0.0574. The number of esters is 1. The number of rotatable bonds is 7. The van der Waals surface area contributed by atoms with Crippen LogP contribution >= 0.6 is 23.4 Å². The average molecular weight is 408 g/mol. The van der Waals surface area contributed by atoms with Crippen molar-refractivity contribution in [3.05, 3.63) is 58.4 Å². The number of halogens is 5. The Morgan fingerprint density at radius 1 is 1.27 bits per heavy atom. The second-order valence-corrected chi connectivity index (χ2v) is 6.60. The van der Waals surface area contributed by atoms with Gasteiger partial charge in [0.05, 0.1) is 23.4 Å². The van der Waals surface area contributed by atoms with Crippen LogP contribution in [0.2, 0.25) is 5.02 Å². The van der Waals surface area contributed by atoms with Crippen molar-refractivity contribution < 1.29 is 27.1 Å². The predicted molar refractivity (Wildman–Crippen MR) is 93.3 cm³/mol. The van der Waals surface area contributed by atoms with Crippen molar-refractivity contribution in [1.29, 1.82) is 0 Å². The van der Waals surface area contributed by atoms with Gasteiger partial charge < -0.3 is 10.1 Å².